The molecule has 120 valence electrons. The molecule has 0 saturated carbocycles. The van der Waals surface area contributed by atoms with Gasteiger partial charge in [-0.15, -0.1) is 0 Å². The lowest BCUT2D eigenvalue weighted by molar-refractivity contribution is -0.151. The lowest BCUT2D eigenvalue weighted by Gasteiger charge is -2.31. The molecule has 0 bridgehead atoms. The number of carbonyl (C=O) groups excluding carboxylic acids is 2. The highest BCUT2D eigenvalue weighted by atomic mass is 19.1. The maximum absolute atomic E-state index is 13.1. The summed E-state index contributed by atoms with van der Waals surface area (Å²) in [5, 5.41) is 0. The average molecular weight is 307 g/mol. The first-order valence-electron chi connectivity index (χ1n) is 7.79. The molecule has 2 rings (SSSR count). The molecule has 0 atom stereocenters. The molecule has 1 saturated heterocycles. The molecule has 1 aliphatic heterocycles. The first-order valence-corrected chi connectivity index (χ1v) is 7.79. The Hall–Kier alpha value is -1.91. The molecule has 0 aliphatic carbocycles. The van der Waals surface area contributed by atoms with Crippen LogP contribution in [0.25, 0.3) is 0 Å². The first-order chi connectivity index (χ1) is 10.6. The van der Waals surface area contributed by atoms with Gasteiger partial charge in [-0.05, 0) is 43.9 Å². The van der Waals surface area contributed by atoms with Gasteiger partial charge < -0.3 is 9.64 Å². The molecule has 0 aromatic heterocycles. The molecule has 1 aromatic carbocycles. The monoisotopic (exact) mass is 307 g/mol. The molecule has 0 unspecified atom stereocenters. The number of likely N-dealkylation sites (tertiary alicyclic amines) is 1. The zero-order valence-corrected chi connectivity index (χ0v) is 12.9. The standard InChI is InChI=1S/C17H22FNO3/c1-2-22-17(21)14-8-10-19(11-9-14)16(20)7-6-13-4-3-5-15(18)12-13/h3-5,12,14H,2,6-11H2,1H3. The van der Waals surface area contributed by atoms with Crippen LogP contribution >= 0.6 is 0 Å². The summed E-state index contributed by atoms with van der Waals surface area (Å²) >= 11 is 0. The molecule has 0 N–H and O–H groups in total. The molecule has 1 aliphatic rings. The number of benzene rings is 1. The van der Waals surface area contributed by atoms with Gasteiger partial charge in [-0.2, -0.15) is 0 Å². The summed E-state index contributed by atoms with van der Waals surface area (Å²) in [6.07, 6.45) is 2.22. The molecule has 1 heterocycles. The number of aryl methyl sites for hydroxylation is 1. The van der Waals surface area contributed by atoms with Crippen molar-refractivity contribution in [1.82, 2.24) is 4.90 Å². The highest BCUT2D eigenvalue weighted by Gasteiger charge is 2.27. The average Bonchev–Trinajstić information content (AvgIpc) is 2.53. The Morgan fingerprint density at radius 3 is 2.68 bits per heavy atom. The minimum atomic E-state index is -0.278. The maximum atomic E-state index is 13.1. The number of rotatable bonds is 5. The molecule has 1 fully saturated rings. The fourth-order valence-electron chi connectivity index (χ4n) is 2.73. The predicted octanol–water partition coefficient (Wildman–Crippen LogP) is 2.56. The summed E-state index contributed by atoms with van der Waals surface area (Å²) in [5.74, 6) is -0.464. The van der Waals surface area contributed by atoms with Crippen LogP contribution in [0.3, 0.4) is 0 Å². The van der Waals surface area contributed by atoms with Gasteiger partial charge in [-0.25, -0.2) is 4.39 Å². The number of hydrogen-bond acceptors (Lipinski definition) is 3. The van der Waals surface area contributed by atoms with Crippen molar-refractivity contribution in [2.75, 3.05) is 19.7 Å². The van der Waals surface area contributed by atoms with Crippen LogP contribution in [-0.2, 0) is 20.7 Å². The highest BCUT2D eigenvalue weighted by molar-refractivity contribution is 5.77. The topological polar surface area (TPSA) is 46.6 Å². The van der Waals surface area contributed by atoms with E-state index in [1.54, 1.807) is 17.9 Å². The van der Waals surface area contributed by atoms with E-state index < -0.39 is 0 Å². The number of amides is 1. The van der Waals surface area contributed by atoms with E-state index in [9.17, 15) is 14.0 Å². The number of ether oxygens (including phenoxy) is 1. The minimum absolute atomic E-state index is 0.0616. The second-order valence-electron chi connectivity index (χ2n) is 5.54. The molecule has 0 spiro atoms. The third-order valence-corrected chi connectivity index (χ3v) is 3.98. The van der Waals surface area contributed by atoms with E-state index in [0.717, 1.165) is 5.56 Å². The highest BCUT2D eigenvalue weighted by Crippen LogP contribution is 2.19. The molecular weight excluding hydrogens is 285 g/mol. The van der Waals surface area contributed by atoms with Gasteiger partial charge in [-0.3, -0.25) is 9.59 Å². The third kappa shape index (κ3) is 4.55. The quantitative estimate of drug-likeness (QED) is 0.785. The van der Waals surface area contributed by atoms with Crippen molar-refractivity contribution in [3.63, 3.8) is 0 Å². The largest absolute Gasteiger partial charge is 0.466 e. The fraction of sp³-hybridized carbons (Fsp3) is 0.529. The number of carbonyl (C=O) groups is 2. The Bertz CT molecular complexity index is 524. The van der Waals surface area contributed by atoms with Gasteiger partial charge in [-0.1, -0.05) is 12.1 Å². The Morgan fingerprint density at radius 1 is 1.32 bits per heavy atom. The Kier molecular flexibility index (Phi) is 5.92. The normalized spacial score (nSPS) is 15.6. The molecule has 0 radical (unpaired) electrons. The molecule has 5 heteroatoms. The van der Waals surface area contributed by atoms with Crippen LogP contribution < -0.4 is 0 Å². The van der Waals surface area contributed by atoms with E-state index in [4.69, 9.17) is 4.74 Å². The van der Waals surface area contributed by atoms with Gasteiger partial charge in [0.25, 0.3) is 0 Å². The van der Waals surface area contributed by atoms with E-state index in [2.05, 4.69) is 0 Å². The zero-order valence-electron chi connectivity index (χ0n) is 12.9. The number of hydrogen-bond donors (Lipinski definition) is 0. The molecule has 1 aromatic rings. The van der Waals surface area contributed by atoms with E-state index >= 15 is 0 Å². The number of piperidine rings is 1. The lowest BCUT2D eigenvalue weighted by atomic mass is 9.96. The lowest BCUT2D eigenvalue weighted by Crippen LogP contribution is -2.40. The third-order valence-electron chi connectivity index (χ3n) is 3.98. The summed E-state index contributed by atoms with van der Waals surface area (Å²) in [7, 11) is 0. The van der Waals surface area contributed by atoms with Crippen molar-refractivity contribution in [1.29, 1.82) is 0 Å². The van der Waals surface area contributed by atoms with E-state index in [0.29, 0.717) is 45.4 Å². The van der Waals surface area contributed by atoms with Crippen LogP contribution in [0.4, 0.5) is 4.39 Å². The second-order valence-corrected chi connectivity index (χ2v) is 5.54. The number of nitrogens with zero attached hydrogens (tertiary/aromatic N) is 1. The van der Waals surface area contributed by atoms with E-state index in [-0.39, 0.29) is 23.6 Å². The van der Waals surface area contributed by atoms with E-state index in [1.807, 2.05) is 6.07 Å². The molecule has 22 heavy (non-hydrogen) atoms. The van der Waals surface area contributed by atoms with Gasteiger partial charge in [0.15, 0.2) is 0 Å². The van der Waals surface area contributed by atoms with Gasteiger partial charge in [0.2, 0.25) is 5.91 Å². The van der Waals surface area contributed by atoms with Crippen LogP contribution in [0.1, 0.15) is 31.7 Å². The summed E-state index contributed by atoms with van der Waals surface area (Å²) in [6, 6.07) is 6.33. The van der Waals surface area contributed by atoms with E-state index in [1.165, 1.54) is 12.1 Å². The molecule has 4 nitrogen and oxygen atoms in total. The van der Waals surface area contributed by atoms with Gasteiger partial charge >= 0.3 is 5.97 Å². The van der Waals surface area contributed by atoms with Crippen LogP contribution in [-0.4, -0.2) is 36.5 Å². The SMILES string of the molecule is CCOC(=O)C1CCN(C(=O)CCc2cccc(F)c2)CC1. The maximum Gasteiger partial charge on any atom is 0.309 e. The van der Waals surface area contributed by atoms with Crippen molar-refractivity contribution in [3.05, 3.63) is 35.6 Å². The summed E-state index contributed by atoms with van der Waals surface area (Å²) < 4.78 is 18.1. The van der Waals surface area contributed by atoms with Crippen LogP contribution in [0.2, 0.25) is 0 Å². The second kappa shape index (κ2) is 7.92. The number of esters is 1. The van der Waals surface area contributed by atoms with Gasteiger partial charge in [0.05, 0.1) is 12.5 Å². The molecule has 1 amide bonds. The smallest absolute Gasteiger partial charge is 0.309 e. The predicted molar refractivity (Wildman–Crippen MR) is 80.7 cm³/mol. The van der Waals surface area contributed by atoms with Crippen LogP contribution in [0.5, 0.6) is 0 Å². The zero-order chi connectivity index (χ0) is 15.9. The number of halogens is 1. The van der Waals surface area contributed by atoms with Crippen molar-refractivity contribution in [2.45, 2.75) is 32.6 Å². The Labute approximate surface area is 130 Å². The van der Waals surface area contributed by atoms with Crippen LogP contribution in [0, 0.1) is 11.7 Å². The Morgan fingerprint density at radius 2 is 2.05 bits per heavy atom. The Balaban J connectivity index is 1.76. The summed E-state index contributed by atoms with van der Waals surface area (Å²) in [4.78, 5) is 25.6. The summed E-state index contributed by atoms with van der Waals surface area (Å²) in [6.45, 7) is 3.37. The van der Waals surface area contributed by atoms with Crippen LogP contribution in [0.15, 0.2) is 24.3 Å². The molecular formula is C17H22FNO3. The van der Waals surface area contributed by atoms with Crippen molar-refractivity contribution in [3.8, 4) is 0 Å². The fourth-order valence-corrected chi connectivity index (χ4v) is 2.73. The minimum Gasteiger partial charge on any atom is -0.466 e. The van der Waals surface area contributed by atoms with Gasteiger partial charge in [0.1, 0.15) is 5.82 Å². The van der Waals surface area contributed by atoms with Crippen molar-refractivity contribution in [2.24, 2.45) is 5.92 Å². The first kappa shape index (κ1) is 16.5. The summed E-state index contributed by atoms with van der Waals surface area (Å²) in [5.41, 5.74) is 0.828. The van der Waals surface area contributed by atoms with Crippen molar-refractivity contribution >= 4 is 11.9 Å². The van der Waals surface area contributed by atoms with Gasteiger partial charge in [0, 0.05) is 19.5 Å². The van der Waals surface area contributed by atoms with Crippen molar-refractivity contribution < 1.29 is 18.7 Å².